The number of hydrogen-bond donors (Lipinski definition) is 1. The molecular weight excluding hydrogens is 327 g/mol. The van der Waals surface area contributed by atoms with Gasteiger partial charge < -0.3 is 10.2 Å². The summed E-state index contributed by atoms with van der Waals surface area (Å²) in [7, 11) is 0. The van der Waals surface area contributed by atoms with E-state index < -0.39 is 0 Å². The molecule has 116 valence electrons. The molecule has 1 N–H and O–H groups in total. The smallest absolute Gasteiger partial charge is 0.232 e. The Morgan fingerprint density at radius 1 is 1.33 bits per heavy atom. The van der Waals surface area contributed by atoms with E-state index in [4.69, 9.17) is 11.6 Å². The minimum Gasteiger partial charge on any atom is -0.341 e. The van der Waals surface area contributed by atoms with Gasteiger partial charge in [0, 0.05) is 37.0 Å². The average molecular weight is 347 g/mol. The highest BCUT2D eigenvalue weighted by Gasteiger charge is 2.37. The van der Waals surface area contributed by atoms with Crippen LogP contribution in [0.15, 0.2) is 24.3 Å². The molecule has 3 nitrogen and oxygen atoms in total. The number of halogens is 2. The summed E-state index contributed by atoms with van der Waals surface area (Å²) in [6.07, 6.45) is 0. The molecule has 0 saturated carbocycles. The number of thioether (sulfide) groups is 1. The van der Waals surface area contributed by atoms with Gasteiger partial charge in [0.15, 0.2) is 0 Å². The maximum absolute atomic E-state index is 12.2. The normalized spacial score (nSPS) is 23.8. The Kier molecular flexibility index (Phi) is 6.23. The molecule has 3 rings (SSSR count). The maximum Gasteiger partial charge on any atom is 0.232 e. The van der Waals surface area contributed by atoms with E-state index in [2.05, 4.69) is 11.4 Å². The summed E-state index contributed by atoms with van der Waals surface area (Å²) >= 11 is 7.63. The topological polar surface area (TPSA) is 32.3 Å². The van der Waals surface area contributed by atoms with E-state index in [0.717, 1.165) is 37.0 Å². The zero-order valence-electron chi connectivity index (χ0n) is 11.8. The van der Waals surface area contributed by atoms with Crippen LogP contribution in [0.1, 0.15) is 5.56 Å². The van der Waals surface area contributed by atoms with Crippen molar-refractivity contribution in [2.24, 2.45) is 11.8 Å². The van der Waals surface area contributed by atoms with E-state index in [9.17, 15) is 4.79 Å². The van der Waals surface area contributed by atoms with Crippen LogP contribution >= 0.6 is 35.8 Å². The van der Waals surface area contributed by atoms with Crippen LogP contribution in [0.5, 0.6) is 0 Å². The second kappa shape index (κ2) is 7.73. The fraction of sp³-hybridized carbons (Fsp3) is 0.533. The first-order chi connectivity index (χ1) is 9.72. The number of carbonyl (C=O) groups is 1. The first-order valence-corrected chi connectivity index (χ1v) is 8.56. The van der Waals surface area contributed by atoms with Gasteiger partial charge in [-0.05, 0) is 29.5 Å². The van der Waals surface area contributed by atoms with Crippen LogP contribution in [0.4, 0.5) is 0 Å². The second-order valence-electron chi connectivity index (χ2n) is 5.60. The highest BCUT2D eigenvalue weighted by molar-refractivity contribution is 7.99. The number of amides is 1. The highest BCUT2D eigenvalue weighted by Crippen LogP contribution is 2.27. The van der Waals surface area contributed by atoms with E-state index in [1.165, 1.54) is 5.56 Å². The Morgan fingerprint density at radius 3 is 2.71 bits per heavy atom. The lowest BCUT2D eigenvalue weighted by molar-refractivity contribution is -0.127. The Labute approximate surface area is 141 Å². The molecule has 0 unspecified atom stereocenters. The predicted octanol–water partition coefficient (Wildman–Crippen LogP) is 2.67. The van der Waals surface area contributed by atoms with Crippen molar-refractivity contribution < 1.29 is 4.79 Å². The molecule has 2 heterocycles. The lowest BCUT2D eigenvalue weighted by Crippen LogP contribution is -2.33. The van der Waals surface area contributed by atoms with Crippen molar-refractivity contribution >= 4 is 41.7 Å². The number of rotatable bonds is 4. The summed E-state index contributed by atoms with van der Waals surface area (Å²) in [6.45, 7) is 4.02. The van der Waals surface area contributed by atoms with Gasteiger partial charge in [0.05, 0.1) is 5.75 Å². The zero-order chi connectivity index (χ0) is 13.9. The third-order valence-electron chi connectivity index (χ3n) is 4.13. The number of benzene rings is 1. The molecule has 2 saturated heterocycles. The van der Waals surface area contributed by atoms with Crippen LogP contribution in [0, 0.1) is 11.8 Å². The number of carbonyl (C=O) groups excluding carboxylic acids is 1. The fourth-order valence-corrected chi connectivity index (χ4v) is 4.12. The minimum atomic E-state index is 0. The third kappa shape index (κ3) is 4.28. The summed E-state index contributed by atoms with van der Waals surface area (Å²) in [5, 5.41) is 4.16. The molecule has 21 heavy (non-hydrogen) atoms. The van der Waals surface area contributed by atoms with Crippen molar-refractivity contribution in [2.45, 2.75) is 5.75 Å². The first-order valence-electron chi connectivity index (χ1n) is 7.03. The van der Waals surface area contributed by atoms with Gasteiger partial charge in [-0.15, -0.1) is 24.2 Å². The van der Waals surface area contributed by atoms with E-state index in [1.807, 2.05) is 23.1 Å². The minimum absolute atomic E-state index is 0. The molecule has 0 aromatic heterocycles. The van der Waals surface area contributed by atoms with E-state index in [1.54, 1.807) is 11.8 Å². The molecule has 2 fully saturated rings. The average Bonchev–Trinajstić information content (AvgIpc) is 2.99. The molecule has 1 aromatic rings. The van der Waals surface area contributed by atoms with Gasteiger partial charge in [0.1, 0.15) is 0 Å². The van der Waals surface area contributed by atoms with Gasteiger partial charge in [-0.25, -0.2) is 0 Å². The first kappa shape index (κ1) is 16.9. The number of fused-ring (bicyclic) bond motifs is 1. The number of hydrogen-bond acceptors (Lipinski definition) is 3. The van der Waals surface area contributed by atoms with Crippen LogP contribution in [-0.4, -0.2) is 42.7 Å². The predicted molar refractivity (Wildman–Crippen MR) is 91.3 cm³/mol. The SMILES string of the molecule is Cl.O=C(CSCc1cccc(Cl)c1)N1C[C@H]2CNC[C@H]2C1. The highest BCUT2D eigenvalue weighted by atomic mass is 35.5. The quantitative estimate of drug-likeness (QED) is 0.909. The summed E-state index contributed by atoms with van der Waals surface area (Å²) in [4.78, 5) is 14.2. The summed E-state index contributed by atoms with van der Waals surface area (Å²) < 4.78 is 0. The van der Waals surface area contributed by atoms with Crippen molar-refractivity contribution in [3.63, 3.8) is 0 Å². The van der Waals surface area contributed by atoms with Crippen molar-refractivity contribution in [3.05, 3.63) is 34.9 Å². The second-order valence-corrected chi connectivity index (χ2v) is 7.02. The Hall–Kier alpha value is -0.420. The molecule has 1 aromatic carbocycles. The summed E-state index contributed by atoms with van der Waals surface area (Å²) in [5.41, 5.74) is 1.18. The van der Waals surface area contributed by atoms with Gasteiger partial charge in [-0.2, -0.15) is 0 Å². The van der Waals surface area contributed by atoms with Crippen molar-refractivity contribution in [3.8, 4) is 0 Å². The molecule has 0 bridgehead atoms. The standard InChI is InChI=1S/C15H19ClN2OS.ClH/c16-14-3-1-2-11(4-14)9-20-10-15(19)18-7-12-5-17-6-13(12)8-18;/h1-4,12-13,17H,5-10H2;1H/t12-,13+;. The molecule has 0 radical (unpaired) electrons. The van der Waals surface area contributed by atoms with Gasteiger partial charge >= 0.3 is 0 Å². The Morgan fingerprint density at radius 2 is 2.05 bits per heavy atom. The molecule has 1 amide bonds. The zero-order valence-corrected chi connectivity index (χ0v) is 14.1. The van der Waals surface area contributed by atoms with Crippen molar-refractivity contribution in [1.29, 1.82) is 0 Å². The van der Waals surface area contributed by atoms with Gasteiger partial charge in [-0.3, -0.25) is 4.79 Å². The third-order valence-corrected chi connectivity index (χ3v) is 5.35. The molecular formula is C15H20Cl2N2OS. The monoisotopic (exact) mass is 346 g/mol. The van der Waals surface area contributed by atoms with E-state index in [-0.39, 0.29) is 18.3 Å². The lowest BCUT2D eigenvalue weighted by Gasteiger charge is -2.17. The van der Waals surface area contributed by atoms with Crippen LogP contribution < -0.4 is 5.32 Å². The van der Waals surface area contributed by atoms with Crippen molar-refractivity contribution in [1.82, 2.24) is 10.2 Å². The molecule has 2 aliphatic heterocycles. The number of nitrogens with one attached hydrogen (secondary N) is 1. The molecule has 0 aliphatic carbocycles. The molecule has 2 aliphatic rings. The Balaban J connectivity index is 0.00000161. The fourth-order valence-electron chi connectivity index (χ4n) is 3.03. The maximum atomic E-state index is 12.2. The molecule has 2 atom stereocenters. The van der Waals surface area contributed by atoms with E-state index >= 15 is 0 Å². The number of nitrogens with zero attached hydrogens (tertiary/aromatic N) is 1. The van der Waals surface area contributed by atoms with Crippen molar-refractivity contribution in [2.75, 3.05) is 31.9 Å². The van der Waals surface area contributed by atoms with Gasteiger partial charge in [-0.1, -0.05) is 23.7 Å². The Bertz CT molecular complexity index is 488. The van der Waals surface area contributed by atoms with Crippen LogP contribution in [0.2, 0.25) is 5.02 Å². The molecule has 6 heteroatoms. The largest absolute Gasteiger partial charge is 0.341 e. The van der Waals surface area contributed by atoms with E-state index in [0.29, 0.717) is 17.6 Å². The number of likely N-dealkylation sites (tertiary alicyclic amines) is 1. The van der Waals surface area contributed by atoms with Gasteiger partial charge in [0.25, 0.3) is 0 Å². The lowest BCUT2D eigenvalue weighted by atomic mass is 10.0. The summed E-state index contributed by atoms with van der Waals surface area (Å²) in [5.74, 6) is 3.05. The molecule has 0 spiro atoms. The van der Waals surface area contributed by atoms with Crippen LogP contribution in [0.3, 0.4) is 0 Å². The van der Waals surface area contributed by atoms with Gasteiger partial charge in [0.2, 0.25) is 5.91 Å². The summed E-state index contributed by atoms with van der Waals surface area (Å²) in [6, 6.07) is 7.84. The van der Waals surface area contributed by atoms with Crippen LogP contribution in [-0.2, 0) is 10.5 Å². The van der Waals surface area contributed by atoms with Crippen LogP contribution in [0.25, 0.3) is 0 Å².